The summed E-state index contributed by atoms with van der Waals surface area (Å²) in [6.45, 7) is 6.86. The summed E-state index contributed by atoms with van der Waals surface area (Å²) >= 11 is 0. The first kappa shape index (κ1) is 16.5. The van der Waals surface area contributed by atoms with Gasteiger partial charge in [-0.1, -0.05) is 30.3 Å². The van der Waals surface area contributed by atoms with Gasteiger partial charge in [-0.2, -0.15) is 0 Å². The Balaban J connectivity index is 1.57. The highest BCUT2D eigenvalue weighted by Gasteiger charge is 2.14. The van der Waals surface area contributed by atoms with Crippen molar-refractivity contribution in [3.05, 3.63) is 65.2 Å². The van der Waals surface area contributed by atoms with Gasteiger partial charge in [0.05, 0.1) is 0 Å². The number of rotatable bonds is 4. The third kappa shape index (κ3) is 3.95. The van der Waals surface area contributed by atoms with E-state index in [4.69, 9.17) is 0 Å². The summed E-state index contributed by atoms with van der Waals surface area (Å²) in [5, 5.41) is 3.00. The topological polar surface area (TPSA) is 35.6 Å². The summed E-state index contributed by atoms with van der Waals surface area (Å²) in [4.78, 5) is 17.0. The van der Waals surface area contributed by atoms with Gasteiger partial charge >= 0.3 is 0 Å². The van der Waals surface area contributed by atoms with Crippen molar-refractivity contribution in [2.45, 2.75) is 13.5 Å². The lowest BCUT2D eigenvalue weighted by molar-refractivity contribution is 0.0950. The van der Waals surface area contributed by atoms with E-state index in [1.807, 2.05) is 31.2 Å². The van der Waals surface area contributed by atoms with Gasteiger partial charge in [0, 0.05) is 44.0 Å². The number of piperazine rings is 1. The molecule has 4 nitrogen and oxygen atoms in total. The second kappa shape index (κ2) is 7.49. The van der Waals surface area contributed by atoms with Gasteiger partial charge in [-0.3, -0.25) is 4.79 Å². The fourth-order valence-corrected chi connectivity index (χ4v) is 2.99. The average Bonchev–Trinajstić information content (AvgIpc) is 2.61. The molecule has 0 unspecified atom stereocenters. The normalized spacial score (nSPS) is 15.3. The lowest BCUT2D eigenvalue weighted by atomic mass is 10.1. The maximum atomic E-state index is 12.3. The molecule has 0 radical (unpaired) electrons. The largest absolute Gasteiger partial charge is 0.369 e. The molecule has 0 bridgehead atoms. The van der Waals surface area contributed by atoms with Crippen molar-refractivity contribution in [1.82, 2.24) is 10.2 Å². The Hall–Kier alpha value is -2.33. The van der Waals surface area contributed by atoms with Crippen molar-refractivity contribution < 1.29 is 4.79 Å². The molecule has 1 fully saturated rings. The molecular formula is C20H25N3O. The van der Waals surface area contributed by atoms with Crippen molar-refractivity contribution in [3.63, 3.8) is 0 Å². The zero-order chi connectivity index (χ0) is 16.9. The second-order valence-corrected chi connectivity index (χ2v) is 6.45. The van der Waals surface area contributed by atoms with Crippen LogP contribution in [0.3, 0.4) is 0 Å². The van der Waals surface area contributed by atoms with Crippen LogP contribution in [0.4, 0.5) is 5.69 Å². The number of aryl methyl sites for hydroxylation is 1. The van der Waals surface area contributed by atoms with Crippen molar-refractivity contribution >= 4 is 11.6 Å². The van der Waals surface area contributed by atoms with Crippen molar-refractivity contribution in [1.29, 1.82) is 0 Å². The highest BCUT2D eigenvalue weighted by molar-refractivity contribution is 5.95. The molecule has 1 N–H and O–H groups in total. The number of amides is 1. The van der Waals surface area contributed by atoms with E-state index in [2.05, 4.69) is 46.4 Å². The predicted molar refractivity (Wildman–Crippen MR) is 98.5 cm³/mol. The minimum absolute atomic E-state index is 0.0174. The Morgan fingerprint density at radius 2 is 1.67 bits per heavy atom. The second-order valence-electron chi connectivity index (χ2n) is 6.45. The van der Waals surface area contributed by atoms with Crippen LogP contribution in [-0.2, 0) is 6.54 Å². The number of likely N-dealkylation sites (N-methyl/N-ethyl adjacent to an activating group) is 1. The van der Waals surface area contributed by atoms with Crippen LogP contribution in [0.1, 0.15) is 21.5 Å². The third-order valence-electron chi connectivity index (χ3n) is 4.65. The van der Waals surface area contributed by atoms with E-state index in [-0.39, 0.29) is 5.91 Å². The number of hydrogen-bond donors (Lipinski definition) is 1. The smallest absolute Gasteiger partial charge is 0.251 e. The van der Waals surface area contributed by atoms with E-state index in [0.717, 1.165) is 42.9 Å². The van der Waals surface area contributed by atoms with E-state index in [1.165, 1.54) is 5.69 Å². The van der Waals surface area contributed by atoms with Gasteiger partial charge in [0.25, 0.3) is 5.91 Å². The molecule has 24 heavy (non-hydrogen) atoms. The van der Waals surface area contributed by atoms with E-state index in [0.29, 0.717) is 6.54 Å². The van der Waals surface area contributed by atoms with Crippen molar-refractivity contribution in [2.75, 3.05) is 38.1 Å². The monoisotopic (exact) mass is 323 g/mol. The van der Waals surface area contributed by atoms with E-state index < -0.39 is 0 Å². The quantitative estimate of drug-likeness (QED) is 0.940. The van der Waals surface area contributed by atoms with Gasteiger partial charge in [-0.05, 0) is 43.3 Å². The van der Waals surface area contributed by atoms with Crippen LogP contribution in [0, 0.1) is 6.92 Å². The third-order valence-corrected chi connectivity index (χ3v) is 4.65. The summed E-state index contributed by atoms with van der Waals surface area (Å²) < 4.78 is 0. The molecule has 2 aromatic rings. The van der Waals surface area contributed by atoms with Crippen LogP contribution in [-0.4, -0.2) is 44.0 Å². The number of carbonyl (C=O) groups excluding carboxylic acids is 1. The molecule has 1 aliphatic heterocycles. The number of hydrogen-bond acceptors (Lipinski definition) is 3. The van der Waals surface area contributed by atoms with E-state index in [1.54, 1.807) is 0 Å². The molecular weight excluding hydrogens is 298 g/mol. The van der Waals surface area contributed by atoms with Gasteiger partial charge in [0.2, 0.25) is 0 Å². The number of nitrogens with zero attached hydrogens (tertiary/aromatic N) is 2. The minimum atomic E-state index is -0.0174. The Morgan fingerprint density at radius 3 is 2.33 bits per heavy atom. The SMILES string of the molecule is Cc1ccccc1C(=O)NCc1ccc(N2CCN(C)CC2)cc1. The number of nitrogens with one attached hydrogen (secondary N) is 1. The first-order valence-corrected chi connectivity index (χ1v) is 8.50. The number of benzene rings is 2. The lowest BCUT2D eigenvalue weighted by Crippen LogP contribution is -2.44. The van der Waals surface area contributed by atoms with Crippen molar-refractivity contribution in [3.8, 4) is 0 Å². The summed E-state index contributed by atoms with van der Waals surface area (Å²) in [6.07, 6.45) is 0. The van der Waals surface area contributed by atoms with Crippen LogP contribution in [0.25, 0.3) is 0 Å². The van der Waals surface area contributed by atoms with Crippen LogP contribution in [0.2, 0.25) is 0 Å². The fraction of sp³-hybridized carbons (Fsp3) is 0.350. The van der Waals surface area contributed by atoms with Crippen molar-refractivity contribution in [2.24, 2.45) is 0 Å². The van der Waals surface area contributed by atoms with Gasteiger partial charge in [-0.25, -0.2) is 0 Å². The Kier molecular flexibility index (Phi) is 5.16. The highest BCUT2D eigenvalue weighted by Crippen LogP contribution is 2.17. The average molecular weight is 323 g/mol. The summed E-state index contributed by atoms with van der Waals surface area (Å²) in [5.74, 6) is -0.0174. The molecule has 2 aromatic carbocycles. The van der Waals surface area contributed by atoms with Crippen LogP contribution in [0.5, 0.6) is 0 Å². The predicted octanol–water partition coefficient (Wildman–Crippen LogP) is 2.68. The Labute approximate surface area is 144 Å². The first-order valence-electron chi connectivity index (χ1n) is 8.50. The molecule has 0 atom stereocenters. The summed E-state index contributed by atoms with van der Waals surface area (Å²) in [6, 6.07) is 16.2. The fourth-order valence-electron chi connectivity index (χ4n) is 2.99. The van der Waals surface area contributed by atoms with Gasteiger partial charge < -0.3 is 15.1 Å². The Bertz CT molecular complexity index is 688. The molecule has 1 heterocycles. The first-order chi connectivity index (χ1) is 11.6. The number of anilines is 1. The van der Waals surface area contributed by atoms with Crippen LogP contribution >= 0.6 is 0 Å². The van der Waals surface area contributed by atoms with E-state index in [9.17, 15) is 4.79 Å². The standard InChI is InChI=1S/C20H25N3O/c1-16-5-3-4-6-19(16)20(24)21-15-17-7-9-18(10-8-17)23-13-11-22(2)12-14-23/h3-10H,11-15H2,1-2H3,(H,21,24). The molecule has 0 aliphatic carbocycles. The van der Waals surface area contributed by atoms with Gasteiger partial charge in [0.15, 0.2) is 0 Å². The molecule has 0 saturated carbocycles. The zero-order valence-electron chi connectivity index (χ0n) is 14.5. The molecule has 0 aromatic heterocycles. The van der Waals surface area contributed by atoms with Crippen LogP contribution in [0.15, 0.2) is 48.5 Å². The van der Waals surface area contributed by atoms with Crippen LogP contribution < -0.4 is 10.2 Å². The number of carbonyl (C=O) groups is 1. The molecule has 4 heteroatoms. The molecule has 1 saturated heterocycles. The Morgan fingerprint density at radius 1 is 1.00 bits per heavy atom. The van der Waals surface area contributed by atoms with E-state index >= 15 is 0 Å². The summed E-state index contributed by atoms with van der Waals surface area (Å²) in [7, 11) is 2.16. The molecule has 0 spiro atoms. The summed E-state index contributed by atoms with van der Waals surface area (Å²) in [5.41, 5.74) is 4.12. The highest BCUT2D eigenvalue weighted by atomic mass is 16.1. The minimum Gasteiger partial charge on any atom is -0.369 e. The zero-order valence-corrected chi connectivity index (χ0v) is 14.5. The van der Waals surface area contributed by atoms with Gasteiger partial charge in [-0.15, -0.1) is 0 Å². The molecule has 3 rings (SSSR count). The van der Waals surface area contributed by atoms with Gasteiger partial charge in [0.1, 0.15) is 0 Å². The molecule has 1 amide bonds. The maximum absolute atomic E-state index is 12.3. The lowest BCUT2D eigenvalue weighted by Gasteiger charge is -2.34. The molecule has 1 aliphatic rings. The maximum Gasteiger partial charge on any atom is 0.251 e. The molecule has 126 valence electrons.